The Morgan fingerprint density at radius 2 is 2.14 bits per heavy atom. The molecule has 1 atom stereocenters. The van der Waals surface area contributed by atoms with E-state index in [0.29, 0.717) is 13.1 Å². The van der Waals surface area contributed by atoms with E-state index in [1.54, 1.807) is 4.90 Å². The summed E-state index contributed by atoms with van der Waals surface area (Å²) in [6.07, 6.45) is 4.77. The molecule has 4 heteroatoms. The fourth-order valence-corrected chi connectivity index (χ4v) is 3.35. The number of hydrogen-bond acceptors (Lipinski definition) is 2. The maximum absolute atomic E-state index is 12.7. The molecule has 2 heterocycles. The lowest BCUT2D eigenvalue weighted by atomic mass is 9.98. The van der Waals surface area contributed by atoms with Crippen LogP contribution in [0.2, 0.25) is 0 Å². The Kier molecular flexibility index (Phi) is 4.01. The van der Waals surface area contributed by atoms with Crippen molar-refractivity contribution < 1.29 is 9.59 Å². The van der Waals surface area contributed by atoms with Crippen molar-refractivity contribution in [2.45, 2.75) is 45.7 Å². The molecule has 1 fully saturated rings. The average molecular weight is 298 g/mol. The number of fused-ring (bicyclic) bond motifs is 1. The fraction of sp³-hybridized carbons (Fsp3) is 0.444. The van der Waals surface area contributed by atoms with Gasteiger partial charge in [0.15, 0.2) is 0 Å². The second kappa shape index (κ2) is 5.95. The first-order valence-electron chi connectivity index (χ1n) is 7.97. The van der Waals surface area contributed by atoms with Gasteiger partial charge in [0.25, 0.3) is 5.91 Å². The summed E-state index contributed by atoms with van der Waals surface area (Å²) in [7, 11) is 0. The van der Waals surface area contributed by atoms with Gasteiger partial charge in [0.2, 0.25) is 5.91 Å². The molecule has 1 aromatic rings. The highest BCUT2D eigenvalue weighted by Crippen LogP contribution is 2.32. The number of allylic oxidation sites excluding steroid dienone is 2. The zero-order valence-electron chi connectivity index (χ0n) is 13.2. The van der Waals surface area contributed by atoms with Crippen LogP contribution < -0.4 is 5.32 Å². The van der Waals surface area contributed by atoms with Gasteiger partial charge in [0, 0.05) is 18.7 Å². The SMILES string of the molecule is C/C=C(/C)c1cccc2c1CN([C@H]1CCCCNC1=O)C2=O. The number of rotatable bonds is 2. The third kappa shape index (κ3) is 2.43. The van der Waals surface area contributed by atoms with E-state index in [1.807, 2.05) is 19.1 Å². The van der Waals surface area contributed by atoms with Crippen LogP contribution in [0.15, 0.2) is 24.3 Å². The number of amides is 2. The van der Waals surface area contributed by atoms with Crippen molar-refractivity contribution in [3.8, 4) is 0 Å². The first-order chi connectivity index (χ1) is 10.6. The Morgan fingerprint density at radius 1 is 1.32 bits per heavy atom. The van der Waals surface area contributed by atoms with E-state index in [2.05, 4.69) is 24.4 Å². The molecule has 2 amide bonds. The Hall–Kier alpha value is -2.10. The molecule has 1 aromatic carbocycles. The van der Waals surface area contributed by atoms with Gasteiger partial charge in [0.1, 0.15) is 6.04 Å². The number of carbonyl (C=O) groups excluding carboxylic acids is 2. The van der Waals surface area contributed by atoms with E-state index in [4.69, 9.17) is 0 Å². The van der Waals surface area contributed by atoms with Gasteiger partial charge in [-0.1, -0.05) is 18.2 Å². The minimum absolute atomic E-state index is 0.0111. The van der Waals surface area contributed by atoms with Crippen LogP contribution in [0.1, 0.15) is 54.6 Å². The number of hydrogen-bond donors (Lipinski definition) is 1. The van der Waals surface area contributed by atoms with Gasteiger partial charge < -0.3 is 10.2 Å². The molecule has 2 aliphatic heterocycles. The molecular formula is C18H22N2O2. The van der Waals surface area contributed by atoms with E-state index in [1.165, 1.54) is 0 Å². The zero-order chi connectivity index (χ0) is 15.7. The zero-order valence-corrected chi connectivity index (χ0v) is 13.2. The summed E-state index contributed by atoms with van der Waals surface area (Å²) in [6, 6.07) is 5.52. The molecule has 0 saturated carbocycles. The minimum atomic E-state index is -0.332. The number of carbonyl (C=O) groups is 2. The van der Waals surface area contributed by atoms with Gasteiger partial charge in [-0.2, -0.15) is 0 Å². The molecule has 0 aliphatic carbocycles. The van der Waals surface area contributed by atoms with Gasteiger partial charge in [-0.25, -0.2) is 0 Å². The van der Waals surface area contributed by atoms with Crippen LogP contribution >= 0.6 is 0 Å². The van der Waals surface area contributed by atoms with Crippen molar-refractivity contribution in [2.24, 2.45) is 0 Å². The van der Waals surface area contributed by atoms with Crippen LogP contribution in [0.5, 0.6) is 0 Å². The largest absolute Gasteiger partial charge is 0.354 e. The van der Waals surface area contributed by atoms with Crippen molar-refractivity contribution in [1.29, 1.82) is 0 Å². The number of nitrogens with zero attached hydrogens (tertiary/aromatic N) is 1. The normalized spacial score (nSPS) is 22.4. The first-order valence-corrected chi connectivity index (χ1v) is 7.97. The van der Waals surface area contributed by atoms with Crippen molar-refractivity contribution in [3.63, 3.8) is 0 Å². The molecule has 2 aliphatic rings. The second-order valence-electron chi connectivity index (χ2n) is 6.04. The van der Waals surface area contributed by atoms with E-state index >= 15 is 0 Å². The van der Waals surface area contributed by atoms with Crippen molar-refractivity contribution in [2.75, 3.05) is 6.54 Å². The predicted octanol–water partition coefficient (Wildman–Crippen LogP) is 2.73. The number of nitrogens with one attached hydrogen (secondary N) is 1. The monoisotopic (exact) mass is 298 g/mol. The summed E-state index contributed by atoms with van der Waals surface area (Å²) in [5.74, 6) is -0.0224. The highest BCUT2D eigenvalue weighted by atomic mass is 16.2. The molecular weight excluding hydrogens is 276 g/mol. The van der Waals surface area contributed by atoms with Gasteiger partial charge in [-0.3, -0.25) is 9.59 Å². The smallest absolute Gasteiger partial charge is 0.255 e. The van der Waals surface area contributed by atoms with Crippen LogP contribution in [0.25, 0.3) is 5.57 Å². The number of benzene rings is 1. The summed E-state index contributed by atoms with van der Waals surface area (Å²) in [5, 5.41) is 2.92. The minimum Gasteiger partial charge on any atom is -0.354 e. The summed E-state index contributed by atoms with van der Waals surface area (Å²) in [6.45, 7) is 5.31. The lowest BCUT2D eigenvalue weighted by Gasteiger charge is -2.25. The van der Waals surface area contributed by atoms with Crippen molar-refractivity contribution in [1.82, 2.24) is 10.2 Å². The molecule has 3 rings (SSSR count). The quantitative estimate of drug-likeness (QED) is 0.912. The summed E-state index contributed by atoms with van der Waals surface area (Å²) < 4.78 is 0. The Balaban J connectivity index is 1.95. The molecule has 0 aromatic heterocycles. The second-order valence-corrected chi connectivity index (χ2v) is 6.04. The first kappa shape index (κ1) is 14.8. The Bertz CT molecular complexity index is 648. The van der Waals surface area contributed by atoms with Gasteiger partial charge in [-0.05, 0) is 55.9 Å². The van der Waals surface area contributed by atoms with Crippen LogP contribution in [0.3, 0.4) is 0 Å². The summed E-state index contributed by atoms with van der Waals surface area (Å²) in [4.78, 5) is 26.7. The Morgan fingerprint density at radius 3 is 2.91 bits per heavy atom. The topological polar surface area (TPSA) is 49.4 Å². The van der Waals surface area contributed by atoms with Gasteiger partial charge in [-0.15, -0.1) is 0 Å². The van der Waals surface area contributed by atoms with Crippen molar-refractivity contribution >= 4 is 17.4 Å². The van der Waals surface area contributed by atoms with Gasteiger partial charge in [0.05, 0.1) is 0 Å². The maximum atomic E-state index is 12.7. The van der Waals surface area contributed by atoms with E-state index in [0.717, 1.165) is 41.5 Å². The van der Waals surface area contributed by atoms with Crippen LogP contribution in [-0.2, 0) is 11.3 Å². The molecule has 22 heavy (non-hydrogen) atoms. The van der Waals surface area contributed by atoms with Gasteiger partial charge >= 0.3 is 0 Å². The maximum Gasteiger partial charge on any atom is 0.255 e. The van der Waals surface area contributed by atoms with Crippen LogP contribution in [0.4, 0.5) is 0 Å². The summed E-state index contributed by atoms with van der Waals surface area (Å²) >= 11 is 0. The average Bonchev–Trinajstić information content (AvgIpc) is 2.72. The molecule has 0 spiro atoms. The standard InChI is InChI=1S/C18H22N2O2/c1-3-12(2)13-7-6-8-14-15(13)11-20(18(14)22)16-9-4-5-10-19-17(16)21/h3,6-8,16H,4-5,9-11H2,1-2H3,(H,19,21)/b12-3-/t16-/m0/s1. The molecule has 1 saturated heterocycles. The van der Waals surface area contributed by atoms with E-state index in [9.17, 15) is 9.59 Å². The van der Waals surface area contributed by atoms with Crippen molar-refractivity contribution in [3.05, 3.63) is 41.0 Å². The third-order valence-electron chi connectivity index (χ3n) is 4.74. The fourth-order valence-electron chi connectivity index (χ4n) is 3.35. The lowest BCUT2D eigenvalue weighted by molar-refractivity contribution is -0.125. The molecule has 0 bridgehead atoms. The molecule has 4 nitrogen and oxygen atoms in total. The van der Waals surface area contributed by atoms with E-state index < -0.39 is 0 Å². The predicted molar refractivity (Wildman–Crippen MR) is 86.3 cm³/mol. The van der Waals surface area contributed by atoms with Crippen LogP contribution in [-0.4, -0.2) is 29.3 Å². The third-order valence-corrected chi connectivity index (χ3v) is 4.74. The summed E-state index contributed by atoms with van der Waals surface area (Å²) in [5.41, 5.74) is 4.08. The van der Waals surface area contributed by atoms with E-state index in [-0.39, 0.29) is 17.9 Å². The van der Waals surface area contributed by atoms with Crippen LogP contribution in [0, 0.1) is 0 Å². The molecule has 0 radical (unpaired) electrons. The highest BCUT2D eigenvalue weighted by Gasteiger charge is 2.37. The molecule has 116 valence electrons. The molecule has 0 unspecified atom stereocenters. The lowest BCUT2D eigenvalue weighted by Crippen LogP contribution is -2.45. The molecule has 1 N–H and O–H groups in total. The highest BCUT2D eigenvalue weighted by molar-refractivity contribution is 6.02. The Labute approximate surface area is 131 Å².